The number of rotatable bonds is 2. The van der Waals surface area contributed by atoms with Crippen LogP contribution in [-0.2, 0) is 6.42 Å². The smallest absolute Gasteiger partial charge is 0.0830 e. The molecule has 1 aromatic rings. The van der Waals surface area contributed by atoms with E-state index >= 15 is 0 Å². The Labute approximate surface area is 71.7 Å². The summed E-state index contributed by atoms with van der Waals surface area (Å²) in [5.41, 5.74) is 8.53. The first kappa shape index (κ1) is 8.78. The van der Waals surface area contributed by atoms with E-state index in [2.05, 4.69) is 0 Å². The van der Waals surface area contributed by atoms with Gasteiger partial charge in [0.15, 0.2) is 0 Å². The molecule has 0 aromatic heterocycles. The van der Waals surface area contributed by atoms with E-state index in [0.717, 1.165) is 16.8 Å². The molecular formula is C10H12FN. The largest absolute Gasteiger partial charge is 0.399 e. The lowest BCUT2D eigenvalue weighted by molar-refractivity contribution is 0.716. The molecule has 0 fully saturated rings. The van der Waals surface area contributed by atoms with Gasteiger partial charge in [0.2, 0.25) is 0 Å². The molecule has 0 atom stereocenters. The van der Waals surface area contributed by atoms with Gasteiger partial charge in [0.25, 0.3) is 0 Å². The highest BCUT2D eigenvalue weighted by atomic mass is 19.1. The fourth-order valence-corrected chi connectivity index (χ4v) is 0.998. The van der Waals surface area contributed by atoms with Crippen LogP contribution in [0.3, 0.4) is 0 Å². The molecule has 0 heterocycles. The van der Waals surface area contributed by atoms with Crippen molar-refractivity contribution in [3.05, 3.63) is 41.7 Å². The second kappa shape index (κ2) is 3.90. The first-order valence-corrected chi connectivity index (χ1v) is 3.84. The molecule has 0 amide bonds. The van der Waals surface area contributed by atoms with Crippen molar-refractivity contribution in [2.45, 2.75) is 13.3 Å². The molecule has 1 nitrogen and oxygen atoms in total. The second-order valence-electron chi connectivity index (χ2n) is 2.76. The number of aryl methyl sites for hydroxylation is 1. The van der Waals surface area contributed by atoms with E-state index in [-0.39, 0.29) is 0 Å². The number of halogens is 1. The Bertz CT molecular complexity index is 292. The topological polar surface area (TPSA) is 26.0 Å². The van der Waals surface area contributed by atoms with Crippen LogP contribution in [0.4, 0.5) is 10.1 Å². The van der Waals surface area contributed by atoms with E-state index in [9.17, 15) is 4.39 Å². The lowest BCUT2D eigenvalue weighted by atomic mass is 10.1. The van der Waals surface area contributed by atoms with Crippen molar-refractivity contribution in [3.8, 4) is 0 Å². The summed E-state index contributed by atoms with van der Waals surface area (Å²) in [4.78, 5) is 0. The van der Waals surface area contributed by atoms with Crippen LogP contribution >= 0.6 is 0 Å². The van der Waals surface area contributed by atoms with Gasteiger partial charge in [-0.25, -0.2) is 4.39 Å². The summed E-state index contributed by atoms with van der Waals surface area (Å²) in [6.07, 6.45) is 2.61. The van der Waals surface area contributed by atoms with Crippen LogP contribution in [0.5, 0.6) is 0 Å². The minimum Gasteiger partial charge on any atom is -0.399 e. The molecule has 12 heavy (non-hydrogen) atoms. The molecule has 0 bridgehead atoms. The summed E-state index contributed by atoms with van der Waals surface area (Å²) < 4.78 is 11.6. The Morgan fingerprint density at radius 2 is 2.25 bits per heavy atom. The van der Waals surface area contributed by atoms with Gasteiger partial charge in [-0.2, -0.15) is 0 Å². The highest BCUT2D eigenvalue weighted by Crippen LogP contribution is 2.13. The van der Waals surface area contributed by atoms with E-state index in [1.165, 1.54) is 6.08 Å². The van der Waals surface area contributed by atoms with Gasteiger partial charge in [0, 0.05) is 5.69 Å². The standard InChI is InChI=1S/C10H12FN/c1-8-4-5-9(3-2-6-11)7-10(8)12/h2,4-7H,3,12H2,1H3. The molecule has 1 rings (SSSR count). The van der Waals surface area contributed by atoms with Crippen LogP contribution in [0.25, 0.3) is 0 Å². The number of allylic oxidation sites excluding steroid dienone is 1. The Morgan fingerprint density at radius 1 is 1.50 bits per heavy atom. The molecule has 0 unspecified atom stereocenters. The predicted octanol–water partition coefficient (Wildman–Crippen LogP) is 2.60. The lowest BCUT2D eigenvalue weighted by Gasteiger charge is -2.01. The van der Waals surface area contributed by atoms with Crippen LogP contribution in [0.15, 0.2) is 30.6 Å². The van der Waals surface area contributed by atoms with E-state index in [0.29, 0.717) is 12.8 Å². The Balaban J connectivity index is 2.82. The molecule has 0 radical (unpaired) electrons. The van der Waals surface area contributed by atoms with Gasteiger partial charge < -0.3 is 5.73 Å². The number of hydrogen-bond acceptors (Lipinski definition) is 1. The Morgan fingerprint density at radius 3 is 2.83 bits per heavy atom. The van der Waals surface area contributed by atoms with E-state index in [4.69, 9.17) is 5.73 Å². The second-order valence-corrected chi connectivity index (χ2v) is 2.76. The van der Waals surface area contributed by atoms with Crippen molar-refractivity contribution in [2.24, 2.45) is 0 Å². The van der Waals surface area contributed by atoms with Crippen molar-refractivity contribution in [1.29, 1.82) is 0 Å². The van der Waals surface area contributed by atoms with Crippen LogP contribution in [0, 0.1) is 6.92 Å². The van der Waals surface area contributed by atoms with Crippen LogP contribution in [0.2, 0.25) is 0 Å². The number of hydrogen-bond donors (Lipinski definition) is 1. The minimum atomic E-state index is 0.552. The zero-order valence-corrected chi connectivity index (χ0v) is 7.05. The molecular weight excluding hydrogens is 153 g/mol. The third kappa shape index (κ3) is 2.09. The molecule has 2 heteroatoms. The summed E-state index contributed by atoms with van der Waals surface area (Å²) in [6, 6.07) is 5.76. The van der Waals surface area contributed by atoms with Crippen LogP contribution < -0.4 is 5.73 Å². The zero-order valence-electron chi connectivity index (χ0n) is 7.05. The quantitative estimate of drug-likeness (QED) is 0.670. The van der Waals surface area contributed by atoms with Gasteiger partial charge in [-0.05, 0) is 30.5 Å². The maximum atomic E-state index is 11.6. The first-order valence-electron chi connectivity index (χ1n) is 3.84. The number of anilines is 1. The molecule has 0 spiro atoms. The fourth-order valence-electron chi connectivity index (χ4n) is 0.998. The van der Waals surface area contributed by atoms with Crippen molar-refractivity contribution in [1.82, 2.24) is 0 Å². The number of nitrogens with two attached hydrogens (primary N) is 1. The van der Waals surface area contributed by atoms with Gasteiger partial charge in [-0.15, -0.1) is 0 Å². The molecule has 0 saturated carbocycles. The third-order valence-electron chi connectivity index (χ3n) is 1.79. The van der Waals surface area contributed by atoms with E-state index < -0.39 is 0 Å². The highest BCUT2D eigenvalue weighted by Gasteiger charge is 1.94. The van der Waals surface area contributed by atoms with Crippen LogP contribution in [0.1, 0.15) is 11.1 Å². The predicted molar refractivity (Wildman–Crippen MR) is 49.5 cm³/mol. The fraction of sp³-hybridized carbons (Fsp3) is 0.200. The average molecular weight is 165 g/mol. The maximum Gasteiger partial charge on any atom is 0.0830 e. The molecule has 0 aliphatic heterocycles. The summed E-state index contributed by atoms with van der Waals surface area (Å²) in [6.45, 7) is 1.95. The summed E-state index contributed by atoms with van der Waals surface area (Å²) in [5.74, 6) is 0. The molecule has 0 aliphatic rings. The van der Waals surface area contributed by atoms with Gasteiger partial charge in [-0.3, -0.25) is 0 Å². The first-order chi connectivity index (χ1) is 5.74. The van der Waals surface area contributed by atoms with Gasteiger partial charge in [-0.1, -0.05) is 18.2 Å². The Kier molecular flexibility index (Phi) is 2.86. The van der Waals surface area contributed by atoms with E-state index in [1.54, 1.807) is 0 Å². The maximum absolute atomic E-state index is 11.6. The summed E-state index contributed by atoms with van der Waals surface area (Å²) >= 11 is 0. The summed E-state index contributed by atoms with van der Waals surface area (Å²) in [7, 11) is 0. The molecule has 0 aliphatic carbocycles. The number of nitrogen functional groups attached to an aromatic ring is 1. The monoisotopic (exact) mass is 165 g/mol. The zero-order chi connectivity index (χ0) is 8.97. The third-order valence-corrected chi connectivity index (χ3v) is 1.79. The average Bonchev–Trinajstić information content (AvgIpc) is 2.07. The Hall–Kier alpha value is -1.31. The van der Waals surface area contributed by atoms with Gasteiger partial charge in [0.05, 0.1) is 6.33 Å². The van der Waals surface area contributed by atoms with E-state index in [1.807, 2.05) is 25.1 Å². The van der Waals surface area contributed by atoms with Crippen molar-refractivity contribution >= 4 is 5.69 Å². The van der Waals surface area contributed by atoms with Crippen molar-refractivity contribution < 1.29 is 4.39 Å². The highest BCUT2D eigenvalue weighted by molar-refractivity contribution is 5.48. The lowest BCUT2D eigenvalue weighted by Crippen LogP contribution is -1.91. The van der Waals surface area contributed by atoms with Gasteiger partial charge >= 0.3 is 0 Å². The molecule has 1 aromatic carbocycles. The SMILES string of the molecule is Cc1ccc(CC=CF)cc1N. The van der Waals surface area contributed by atoms with Crippen molar-refractivity contribution in [2.75, 3.05) is 5.73 Å². The van der Waals surface area contributed by atoms with Gasteiger partial charge in [0.1, 0.15) is 0 Å². The number of benzene rings is 1. The normalized spacial score (nSPS) is 10.8. The van der Waals surface area contributed by atoms with Crippen LogP contribution in [-0.4, -0.2) is 0 Å². The molecule has 64 valence electrons. The summed E-state index contributed by atoms with van der Waals surface area (Å²) in [5, 5.41) is 0. The minimum absolute atomic E-state index is 0.552. The van der Waals surface area contributed by atoms with Crippen molar-refractivity contribution in [3.63, 3.8) is 0 Å². The molecule has 0 saturated heterocycles. The molecule has 2 N–H and O–H groups in total.